The molecule has 2 heterocycles. The van der Waals surface area contributed by atoms with Gasteiger partial charge in [-0.1, -0.05) is 11.6 Å². The zero-order valence-corrected chi connectivity index (χ0v) is 10.7. The molecule has 1 aromatic heterocycles. The van der Waals surface area contributed by atoms with Crippen LogP contribution in [-0.4, -0.2) is 28.8 Å². The van der Waals surface area contributed by atoms with Crippen molar-refractivity contribution in [3.05, 3.63) is 11.7 Å². The molecule has 1 aromatic rings. The minimum atomic E-state index is 0.470. The first kappa shape index (κ1) is 12.5. The topological polar surface area (TPSA) is 63.0 Å². The summed E-state index contributed by atoms with van der Waals surface area (Å²) in [5, 5.41) is 10.8. The summed E-state index contributed by atoms with van der Waals surface area (Å²) >= 11 is 0. The average molecular weight is 238 g/mol. The fraction of sp³-hybridized carbons (Fsp3) is 0.833. The molecule has 96 valence electrons. The molecule has 2 unspecified atom stereocenters. The molecule has 5 heteroatoms. The van der Waals surface area contributed by atoms with Crippen LogP contribution < -0.4 is 10.6 Å². The van der Waals surface area contributed by atoms with Crippen LogP contribution in [0.2, 0.25) is 0 Å². The first-order valence-corrected chi connectivity index (χ1v) is 6.50. The summed E-state index contributed by atoms with van der Waals surface area (Å²) in [7, 11) is 0. The fourth-order valence-corrected chi connectivity index (χ4v) is 2.31. The molecule has 5 nitrogen and oxygen atoms in total. The van der Waals surface area contributed by atoms with Gasteiger partial charge < -0.3 is 15.2 Å². The van der Waals surface area contributed by atoms with Gasteiger partial charge in [-0.3, -0.25) is 0 Å². The Hall–Kier alpha value is -0.940. The van der Waals surface area contributed by atoms with E-state index in [2.05, 4.69) is 27.7 Å². The molecule has 0 amide bonds. The van der Waals surface area contributed by atoms with Gasteiger partial charge in [-0.2, -0.15) is 4.98 Å². The molecule has 0 bridgehead atoms. The number of nitrogens with one attached hydrogen (secondary N) is 2. The lowest BCUT2D eigenvalue weighted by Crippen LogP contribution is -2.39. The van der Waals surface area contributed by atoms with Crippen LogP contribution in [-0.2, 0) is 6.54 Å². The third-order valence-electron chi connectivity index (χ3n) is 3.22. The van der Waals surface area contributed by atoms with Crippen molar-refractivity contribution in [1.29, 1.82) is 0 Å². The lowest BCUT2D eigenvalue weighted by Gasteiger charge is -2.26. The Bertz CT molecular complexity index is 333. The number of piperidine rings is 1. The van der Waals surface area contributed by atoms with E-state index in [0.29, 0.717) is 30.3 Å². The highest BCUT2D eigenvalue weighted by Gasteiger charge is 2.15. The van der Waals surface area contributed by atoms with Crippen molar-refractivity contribution >= 4 is 0 Å². The number of nitrogens with zero attached hydrogens (tertiary/aromatic N) is 2. The summed E-state index contributed by atoms with van der Waals surface area (Å²) in [6.45, 7) is 5.87. The molecule has 17 heavy (non-hydrogen) atoms. The fourth-order valence-electron chi connectivity index (χ4n) is 2.31. The van der Waals surface area contributed by atoms with Gasteiger partial charge in [0.25, 0.3) is 0 Å². The number of aromatic nitrogens is 2. The second-order valence-corrected chi connectivity index (χ2v) is 4.90. The Morgan fingerprint density at radius 2 is 2.41 bits per heavy atom. The quantitative estimate of drug-likeness (QED) is 0.811. The molecule has 1 aliphatic rings. The molecule has 0 radical (unpaired) electrons. The van der Waals surface area contributed by atoms with Gasteiger partial charge in [-0.15, -0.1) is 0 Å². The molecule has 2 rings (SSSR count). The first-order chi connectivity index (χ1) is 8.24. The summed E-state index contributed by atoms with van der Waals surface area (Å²) in [5.74, 6) is 1.37. The Balaban J connectivity index is 1.68. The lowest BCUT2D eigenvalue weighted by molar-refractivity contribution is 0.324. The van der Waals surface area contributed by atoms with Gasteiger partial charge in [0, 0.05) is 12.1 Å². The van der Waals surface area contributed by atoms with E-state index in [1.807, 2.05) is 6.92 Å². The van der Waals surface area contributed by atoms with Crippen molar-refractivity contribution in [3.8, 4) is 0 Å². The van der Waals surface area contributed by atoms with Gasteiger partial charge >= 0.3 is 0 Å². The van der Waals surface area contributed by atoms with Gasteiger partial charge in [0.05, 0.1) is 6.54 Å². The van der Waals surface area contributed by atoms with E-state index in [1.165, 1.54) is 25.8 Å². The van der Waals surface area contributed by atoms with Crippen LogP contribution in [0.5, 0.6) is 0 Å². The van der Waals surface area contributed by atoms with Crippen molar-refractivity contribution in [2.45, 2.75) is 58.2 Å². The molecule has 2 atom stereocenters. The SMILES string of the molecule is Cc1noc(CNC(C)CC2CCCCN2)n1. The van der Waals surface area contributed by atoms with Crippen LogP contribution in [0.25, 0.3) is 0 Å². The maximum atomic E-state index is 5.07. The van der Waals surface area contributed by atoms with Crippen LogP contribution >= 0.6 is 0 Å². The summed E-state index contributed by atoms with van der Waals surface area (Å²) in [4.78, 5) is 4.17. The van der Waals surface area contributed by atoms with Gasteiger partial charge in [0.1, 0.15) is 0 Å². The van der Waals surface area contributed by atoms with E-state index < -0.39 is 0 Å². The van der Waals surface area contributed by atoms with Gasteiger partial charge in [-0.25, -0.2) is 0 Å². The molecular weight excluding hydrogens is 216 g/mol. The number of hydrogen-bond acceptors (Lipinski definition) is 5. The summed E-state index contributed by atoms with van der Waals surface area (Å²) in [6, 6.07) is 1.13. The molecule has 1 saturated heterocycles. The van der Waals surface area contributed by atoms with E-state index in [0.717, 1.165) is 6.42 Å². The van der Waals surface area contributed by atoms with Crippen LogP contribution in [0.3, 0.4) is 0 Å². The highest BCUT2D eigenvalue weighted by molar-refractivity contribution is 4.83. The molecule has 1 aliphatic heterocycles. The van der Waals surface area contributed by atoms with Crippen molar-refractivity contribution in [2.75, 3.05) is 6.54 Å². The van der Waals surface area contributed by atoms with Crippen molar-refractivity contribution in [1.82, 2.24) is 20.8 Å². The second-order valence-electron chi connectivity index (χ2n) is 4.90. The summed E-state index contributed by atoms with van der Waals surface area (Å²) < 4.78 is 5.07. The van der Waals surface area contributed by atoms with Crippen LogP contribution in [0.4, 0.5) is 0 Å². The summed E-state index contributed by atoms with van der Waals surface area (Å²) in [5.41, 5.74) is 0. The minimum absolute atomic E-state index is 0.470. The van der Waals surface area contributed by atoms with E-state index in [-0.39, 0.29) is 0 Å². The summed E-state index contributed by atoms with van der Waals surface area (Å²) in [6.07, 6.45) is 5.13. The minimum Gasteiger partial charge on any atom is -0.338 e. The average Bonchev–Trinajstić information content (AvgIpc) is 2.74. The number of hydrogen-bond donors (Lipinski definition) is 2. The molecular formula is C12H22N4O. The normalized spacial score (nSPS) is 22.6. The Kier molecular flexibility index (Phi) is 4.50. The highest BCUT2D eigenvalue weighted by atomic mass is 16.5. The Morgan fingerprint density at radius 1 is 1.53 bits per heavy atom. The smallest absolute Gasteiger partial charge is 0.240 e. The molecule has 0 spiro atoms. The van der Waals surface area contributed by atoms with Gasteiger partial charge in [0.15, 0.2) is 5.82 Å². The number of aryl methyl sites for hydroxylation is 1. The standard InChI is InChI=1S/C12H22N4O/c1-9(7-11-5-3-4-6-13-11)14-8-12-15-10(2)16-17-12/h9,11,13-14H,3-8H2,1-2H3. The molecule has 0 aliphatic carbocycles. The van der Waals surface area contributed by atoms with Gasteiger partial charge in [0.2, 0.25) is 5.89 Å². The Morgan fingerprint density at radius 3 is 3.06 bits per heavy atom. The van der Waals surface area contributed by atoms with Crippen LogP contribution in [0, 0.1) is 6.92 Å². The second kappa shape index (κ2) is 6.12. The largest absolute Gasteiger partial charge is 0.338 e. The molecule has 1 fully saturated rings. The van der Waals surface area contributed by atoms with E-state index in [1.54, 1.807) is 0 Å². The van der Waals surface area contributed by atoms with Crippen molar-refractivity contribution in [3.63, 3.8) is 0 Å². The zero-order valence-electron chi connectivity index (χ0n) is 10.7. The predicted molar refractivity (Wildman–Crippen MR) is 65.6 cm³/mol. The predicted octanol–water partition coefficient (Wildman–Crippen LogP) is 1.39. The number of rotatable bonds is 5. The zero-order chi connectivity index (χ0) is 12.1. The van der Waals surface area contributed by atoms with Gasteiger partial charge in [-0.05, 0) is 39.7 Å². The van der Waals surface area contributed by atoms with Crippen LogP contribution in [0.1, 0.15) is 44.3 Å². The van der Waals surface area contributed by atoms with Crippen molar-refractivity contribution in [2.24, 2.45) is 0 Å². The Labute approximate surface area is 102 Å². The monoisotopic (exact) mass is 238 g/mol. The van der Waals surface area contributed by atoms with Crippen molar-refractivity contribution < 1.29 is 4.52 Å². The third-order valence-corrected chi connectivity index (χ3v) is 3.22. The van der Waals surface area contributed by atoms with Crippen LogP contribution in [0.15, 0.2) is 4.52 Å². The molecule has 0 aromatic carbocycles. The molecule has 2 N–H and O–H groups in total. The maximum absolute atomic E-state index is 5.07. The van der Waals surface area contributed by atoms with E-state index >= 15 is 0 Å². The maximum Gasteiger partial charge on any atom is 0.240 e. The first-order valence-electron chi connectivity index (χ1n) is 6.50. The highest BCUT2D eigenvalue weighted by Crippen LogP contribution is 2.12. The lowest BCUT2D eigenvalue weighted by atomic mass is 9.99. The molecule has 0 saturated carbocycles. The van der Waals surface area contributed by atoms with E-state index in [4.69, 9.17) is 4.52 Å². The third kappa shape index (κ3) is 4.09. The van der Waals surface area contributed by atoms with E-state index in [9.17, 15) is 0 Å².